The van der Waals surface area contributed by atoms with E-state index in [9.17, 15) is 26.3 Å². The Morgan fingerprint density at radius 1 is 1.12 bits per heavy atom. The molecule has 0 amide bonds. The maximum Gasteiger partial charge on any atom is 0.490 e. The molecule has 0 spiro atoms. The summed E-state index contributed by atoms with van der Waals surface area (Å²) in [5.41, 5.74) is 2.54. The third-order valence-corrected chi connectivity index (χ3v) is 4.67. The second-order valence-electron chi connectivity index (χ2n) is 7.32. The van der Waals surface area contributed by atoms with Crippen LogP contribution in [0.4, 0.5) is 26.3 Å². The molecule has 0 bridgehead atoms. The van der Waals surface area contributed by atoms with Crippen molar-refractivity contribution in [2.24, 2.45) is 0 Å². The third-order valence-electron chi connectivity index (χ3n) is 4.67. The molecule has 0 saturated carbocycles. The molecule has 34 heavy (non-hydrogen) atoms. The predicted molar refractivity (Wildman–Crippen MR) is 109 cm³/mol. The Bertz CT molecular complexity index is 895. The minimum atomic E-state index is -5.08. The number of aromatic nitrogens is 2. The first-order chi connectivity index (χ1) is 15.6. The molecule has 1 atom stereocenters. The van der Waals surface area contributed by atoms with Crippen LogP contribution in [0.1, 0.15) is 12.0 Å². The molecule has 2 aromatic rings. The standard InChI is InChI=1S/C16H22N4.2C2HF3O2/c1-19-10-7-14(12-19)20(2)11-13-5-3-4-6-15(13)16-17-8-9-18-16;2*3-2(4,5)1(6)7/h3-6,8-9,14H,7,10-12H2,1-2H3,(H,17,18);2*(H,6,7). The van der Waals surface area contributed by atoms with Crippen LogP contribution in [-0.2, 0) is 16.1 Å². The van der Waals surface area contributed by atoms with Gasteiger partial charge >= 0.3 is 24.3 Å². The molecule has 1 aliphatic rings. The molecule has 3 rings (SSSR count). The molecular formula is C20H24F6N4O4. The normalized spacial score (nSPS) is 16.3. The summed E-state index contributed by atoms with van der Waals surface area (Å²) in [4.78, 5) is 30.2. The number of hydrogen-bond donors (Lipinski definition) is 3. The number of hydrogen-bond acceptors (Lipinski definition) is 5. The summed E-state index contributed by atoms with van der Waals surface area (Å²) in [5.74, 6) is -4.56. The van der Waals surface area contributed by atoms with Crippen molar-refractivity contribution >= 4 is 11.9 Å². The van der Waals surface area contributed by atoms with Gasteiger partial charge < -0.3 is 20.1 Å². The maximum absolute atomic E-state index is 10.6. The van der Waals surface area contributed by atoms with Gasteiger partial charge in [0.15, 0.2) is 0 Å². The van der Waals surface area contributed by atoms with E-state index in [0.717, 1.165) is 12.4 Å². The largest absolute Gasteiger partial charge is 0.490 e. The lowest BCUT2D eigenvalue weighted by atomic mass is 10.1. The smallest absolute Gasteiger partial charge is 0.475 e. The van der Waals surface area contributed by atoms with Crippen LogP contribution in [0, 0.1) is 0 Å². The molecule has 1 saturated heterocycles. The average Bonchev–Trinajstić information content (AvgIpc) is 3.40. The summed E-state index contributed by atoms with van der Waals surface area (Å²) in [6.07, 6.45) is -5.22. The minimum Gasteiger partial charge on any atom is -0.475 e. The van der Waals surface area contributed by atoms with E-state index in [4.69, 9.17) is 19.8 Å². The molecule has 1 aromatic heterocycles. The van der Waals surface area contributed by atoms with Gasteiger partial charge in [0.1, 0.15) is 5.82 Å². The van der Waals surface area contributed by atoms with Crippen LogP contribution < -0.4 is 0 Å². The number of aliphatic carboxylic acids is 2. The first-order valence-corrected chi connectivity index (χ1v) is 9.69. The molecule has 3 N–H and O–H groups in total. The van der Waals surface area contributed by atoms with Crippen molar-refractivity contribution in [1.29, 1.82) is 0 Å². The number of rotatable bonds is 4. The fraction of sp³-hybridized carbons (Fsp3) is 0.450. The van der Waals surface area contributed by atoms with Crippen LogP contribution in [0.3, 0.4) is 0 Å². The molecule has 14 heteroatoms. The summed E-state index contributed by atoms with van der Waals surface area (Å²) in [6, 6.07) is 9.18. The second kappa shape index (κ2) is 12.4. The van der Waals surface area contributed by atoms with Gasteiger partial charge in [0, 0.05) is 37.1 Å². The number of likely N-dealkylation sites (tertiary alicyclic amines) is 1. The molecule has 190 valence electrons. The number of H-pyrrole nitrogens is 1. The first-order valence-electron chi connectivity index (χ1n) is 9.69. The Kier molecular flexibility index (Phi) is 10.5. The number of halogens is 6. The highest BCUT2D eigenvalue weighted by atomic mass is 19.4. The van der Waals surface area contributed by atoms with E-state index in [1.165, 1.54) is 30.6 Å². The molecule has 2 heterocycles. The fourth-order valence-electron chi connectivity index (χ4n) is 2.97. The number of carboxylic acid groups (broad SMARTS) is 2. The number of imidazole rings is 1. The van der Waals surface area contributed by atoms with Gasteiger partial charge in [-0.05, 0) is 32.6 Å². The van der Waals surface area contributed by atoms with Crippen LogP contribution in [0.25, 0.3) is 11.4 Å². The SMILES string of the molecule is CN1CCC(N(C)Cc2ccccc2-c2ncc[nH]2)C1.O=C(O)C(F)(F)F.O=C(O)C(F)(F)F. The van der Waals surface area contributed by atoms with Crippen molar-refractivity contribution in [3.63, 3.8) is 0 Å². The van der Waals surface area contributed by atoms with Crippen LogP contribution in [0.2, 0.25) is 0 Å². The topological polar surface area (TPSA) is 110 Å². The van der Waals surface area contributed by atoms with Gasteiger partial charge in [-0.25, -0.2) is 14.6 Å². The number of likely N-dealkylation sites (N-methyl/N-ethyl adjacent to an activating group) is 2. The van der Waals surface area contributed by atoms with Gasteiger partial charge in [-0.2, -0.15) is 26.3 Å². The van der Waals surface area contributed by atoms with Crippen LogP contribution in [-0.4, -0.2) is 87.5 Å². The number of nitrogens with zero attached hydrogens (tertiary/aromatic N) is 3. The second-order valence-corrected chi connectivity index (χ2v) is 7.32. The van der Waals surface area contributed by atoms with Gasteiger partial charge in [-0.1, -0.05) is 24.3 Å². The fourth-order valence-corrected chi connectivity index (χ4v) is 2.97. The molecule has 1 aliphatic heterocycles. The molecule has 0 radical (unpaired) electrons. The molecule has 0 aliphatic carbocycles. The van der Waals surface area contributed by atoms with Crippen LogP contribution in [0.5, 0.6) is 0 Å². The lowest BCUT2D eigenvalue weighted by Crippen LogP contribution is -2.33. The van der Waals surface area contributed by atoms with Crippen molar-refractivity contribution in [2.45, 2.75) is 31.4 Å². The van der Waals surface area contributed by atoms with Gasteiger partial charge in [-0.3, -0.25) is 4.90 Å². The van der Waals surface area contributed by atoms with Gasteiger partial charge in [0.25, 0.3) is 0 Å². The van der Waals surface area contributed by atoms with E-state index in [-0.39, 0.29) is 0 Å². The molecule has 1 aromatic carbocycles. The summed E-state index contributed by atoms with van der Waals surface area (Å²) < 4.78 is 63.5. The maximum atomic E-state index is 10.6. The molecule has 1 unspecified atom stereocenters. The highest BCUT2D eigenvalue weighted by Crippen LogP contribution is 2.23. The molecular weight excluding hydrogens is 474 g/mol. The Balaban J connectivity index is 0.000000343. The minimum absolute atomic E-state index is 0.657. The summed E-state index contributed by atoms with van der Waals surface area (Å²) in [6.45, 7) is 3.34. The van der Waals surface area contributed by atoms with Gasteiger partial charge in [0.05, 0.1) is 0 Å². The monoisotopic (exact) mass is 498 g/mol. The highest BCUT2D eigenvalue weighted by molar-refractivity contribution is 5.73. The summed E-state index contributed by atoms with van der Waals surface area (Å²) in [7, 11) is 4.42. The average molecular weight is 498 g/mol. The van der Waals surface area contributed by atoms with Crippen LogP contribution in [0.15, 0.2) is 36.7 Å². The quantitative estimate of drug-likeness (QED) is 0.554. The Hall–Kier alpha value is -3.13. The predicted octanol–water partition coefficient (Wildman–Crippen LogP) is 3.48. The third kappa shape index (κ3) is 9.79. The number of benzene rings is 1. The number of nitrogens with one attached hydrogen (secondary N) is 1. The Morgan fingerprint density at radius 3 is 2.06 bits per heavy atom. The van der Waals surface area contributed by atoms with Crippen molar-refractivity contribution < 1.29 is 46.1 Å². The zero-order chi connectivity index (χ0) is 26.1. The van der Waals surface area contributed by atoms with E-state index in [0.29, 0.717) is 6.04 Å². The highest BCUT2D eigenvalue weighted by Gasteiger charge is 2.38. The summed E-state index contributed by atoms with van der Waals surface area (Å²) >= 11 is 0. The van der Waals surface area contributed by atoms with E-state index in [1.54, 1.807) is 0 Å². The van der Waals surface area contributed by atoms with Crippen LogP contribution >= 0.6 is 0 Å². The Labute approximate surface area is 190 Å². The number of carbonyl (C=O) groups is 2. The van der Waals surface area contributed by atoms with Crippen molar-refractivity contribution in [2.75, 3.05) is 27.2 Å². The summed E-state index contributed by atoms with van der Waals surface area (Å²) in [5, 5.41) is 14.2. The van der Waals surface area contributed by atoms with Gasteiger partial charge in [0.2, 0.25) is 0 Å². The van der Waals surface area contributed by atoms with Gasteiger partial charge in [-0.15, -0.1) is 0 Å². The molecule has 1 fully saturated rings. The lowest BCUT2D eigenvalue weighted by molar-refractivity contribution is -0.193. The van der Waals surface area contributed by atoms with E-state index < -0.39 is 24.3 Å². The number of carboxylic acids is 2. The van der Waals surface area contributed by atoms with Crippen molar-refractivity contribution in [3.05, 3.63) is 42.2 Å². The molecule has 8 nitrogen and oxygen atoms in total. The lowest BCUT2D eigenvalue weighted by Gasteiger charge is -2.25. The zero-order valence-electron chi connectivity index (χ0n) is 18.2. The van der Waals surface area contributed by atoms with E-state index in [1.807, 2.05) is 12.4 Å². The number of aromatic amines is 1. The van der Waals surface area contributed by atoms with E-state index >= 15 is 0 Å². The number of alkyl halides is 6. The van der Waals surface area contributed by atoms with E-state index in [2.05, 4.69) is 58.1 Å². The Morgan fingerprint density at radius 2 is 1.65 bits per heavy atom. The first kappa shape index (κ1) is 28.9. The van der Waals surface area contributed by atoms with Crippen molar-refractivity contribution in [1.82, 2.24) is 19.8 Å². The zero-order valence-corrected chi connectivity index (χ0v) is 18.2. The van der Waals surface area contributed by atoms with Crippen molar-refractivity contribution in [3.8, 4) is 11.4 Å².